The molecular weight excluding hydrogens is 372 g/mol. The molecule has 0 spiro atoms. The van der Waals surface area contributed by atoms with Gasteiger partial charge in [-0.3, -0.25) is 14.9 Å². The van der Waals surface area contributed by atoms with Crippen LogP contribution in [0.3, 0.4) is 0 Å². The Kier molecular flexibility index (Phi) is 4.95. The van der Waals surface area contributed by atoms with Crippen LogP contribution >= 0.6 is 11.8 Å². The summed E-state index contributed by atoms with van der Waals surface area (Å²) in [6.07, 6.45) is 1.61. The monoisotopic (exact) mass is 388 g/mol. The fraction of sp³-hybridized carbons (Fsp3) is 0.0455. The Hall–Kier alpha value is -3.38. The second kappa shape index (κ2) is 7.70. The molecule has 5 nitrogen and oxygen atoms in total. The van der Waals surface area contributed by atoms with E-state index in [1.807, 2.05) is 42.5 Å². The molecule has 0 saturated carbocycles. The van der Waals surface area contributed by atoms with Crippen molar-refractivity contribution in [1.29, 1.82) is 0 Å². The summed E-state index contributed by atoms with van der Waals surface area (Å²) >= 11 is 1.55. The second-order valence-electron chi connectivity index (χ2n) is 6.29. The van der Waals surface area contributed by atoms with Crippen molar-refractivity contribution < 1.29 is 9.72 Å². The van der Waals surface area contributed by atoms with Crippen molar-refractivity contribution in [3.05, 3.63) is 111 Å². The first-order chi connectivity index (χ1) is 13.6. The molecule has 1 aliphatic rings. The van der Waals surface area contributed by atoms with Gasteiger partial charge in [0.05, 0.1) is 15.6 Å². The number of allylic oxidation sites excluding steroid dienone is 1. The summed E-state index contributed by atoms with van der Waals surface area (Å²) in [4.78, 5) is 26.3. The summed E-state index contributed by atoms with van der Waals surface area (Å²) in [5.41, 5.74) is 2.61. The van der Waals surface area contributed by atoms with Gasteiger partial charge in [0, 0.05) is 35.2 Å². The van der Waals surface area contributed by atoms with Gasteiger partial charge in [0.1, 0.15) is 0 Å². The molecule has 1 heterocycles. The molecule has 0 aromatic heterocycles. The Bertz CT molecular complexity index is 1060. The molecule has 0 unspecified atom stereocenters. The van der Waals surface area contributed by atoms with Gasteiger partial charge in [-0.25, -0.2) is 0 Å². The van der Waals surface area contributed by atoms with E-state index in [9.17, 15) is 14.9 Å². The number of hydrogen-bond donors (Lipinski definition) is 0. The maximum atomic E-state index is 12.7. The molecule has 0 saturated heterocycles. The molecular formula is C22H16N2O3S. The molecule has 3 aromatic carbocycles. The van der Waals surface area contributed by atoms with E-state index in [1.54, 1.807) is 17.8 Å². The Balaban J connectivity index is 1.64. The van der Waals surface area contributed by atoms with E-state index in [0.29, 0.717) is 12.1 Å². The van der Waals surface area contributed by atoms with Crippen LogP contribution in [0, 0.1) is 10.1 Å². The minimum absolute atomic E-state index is 0.0300. The predicted molar refractivity (Wildman–Crippen MR) is 110 cm³/mol. The largest absolute Gasteiger partial charge is 0.330 e. The lowest BCUT2D eigenvalue weighted by molar-refractivity contribution is -0.384. The van der Waals surface area contributed by atoms with Crippen molar-refractivity contribution in [3.63, 3.8) is 0 Å². The normalized spacial score (nSPS) is 14.1. The standard InChI is InChI=1S/C22H16N2O3S/c25-20(17-10-12-18(13-11-17)24(26)27)14-22-23(15-16-6-2-1-3-7-16)19-8-4-5-9-21(19)28-22/h1-14H,15H2. The molecule has 1 aliphatic heterocycles. The predicted octanol–water partition coefficient (Wildman–Crippen LogP) is 5.43. The van der Waals surface area contributed by atoms with Gasteiger partial charge in [0.15, 0.2) is 5.78 Å². The number of nitro groups is 1. The van der Waals surface area contributed by atoms with Crippen molar-refractivity contribution in [2.75, 3.05) is 4.90 Å². The van der Waals surface area contributed by atoms with Gasteiger partial charge in [-0.2, -0.15) is 0 Å². The number of benzene rings is 3. The summed E-state index contributed by atoms with van der Waals surface area (Å²) in [5.74, 6) is -0.178. The minimum Gasteiger partial charge on any atom is -0.330 e. The average Bonchev–Trinajstić information content (AvgIpc) is 3.06. The number of anilines is 1. The summed E-state index contributed by atoms with van der Waals surface area (Å²) in [6, 6.07) is 23.8. The Labute approximate surface area is 166 Å². The highest BCUT2D eigenvalue weighted by Gasteiger charge is 2.25. The number of para-hydroxylation sites is 1. The van der Waals surface area contributed by atoms with Crippen LogP contribution in [0.5, 0.6) is 0 Å². The fourth-order valence-electron chi connectivity index (χ4n) is 3.03. The second-order valence-corrected chi connectivity index (χ2v) is 7.35. The lowest BCUT2D eigenvalue weighted by atomic mass is 10.1. The van der Waals surface area contributed by atoms with Gasteiger partial charge in [0.2, 0.25) is 0 Å². The third-order valence-corrected chi connectivity index (χ3v) is 5.55. The summed E-state index contributed by atoms with van der Waals surface area (Å²) in [6.45, 7) is 0.657. The summed E-state index contributed by atoms with van der Waals surface area (Å²) < 4.78 is 0. The zero-order chi connectivity index (χ0) is 19.5. The number of hydrogen-bond acceptors (Lipinski definition) is 5. The van der Waals surface area contributed by atoms with Gasteiger partial charge in [-0.05, 0) is 29.8 Å². The topological polar surface area (TPSA) is 63.5 Å². The van der Waals surface area contributed by atoms with Gasteiger partial charge in [0.25, 0.3) is 5.69 Å². The molecule has 0 amide bonds. The number of carbonyl (C=O) groups excluding carboxylic acids is 1. The number of carbonyl (C=O) groups is 1. The Morgan fingerprint density at radius 3 is 2.36 bits per heavy atom. The molecule has 0 bridgehead atoms. The van der Waals surface area contributed by atoms with Crippen molar-refractivity contribution in [2.24, 2.45) is 0 Å². The van der Waals surface area contributed by atoms with E-state index in [4.69, 9.17) is 0 Å². The summed E-state index contributed by atoms with van der Waals surface area (Å²) in [5, 5.41) is 11.6. The van der Waals surface area contributed by atoms with E-state index in [0.717, 1.165) is 21.2 Å². The maximum absolute atomic E-state index is 12.7. The van der Waals surface area contributed by atoms with Crippen LogP contribution in [0.2, 0.25) is 0 Å². The van der Waals surface area contributed by atoms with Crippen molar-refractivity contribution in [2.45, 2.75) is 11.4 Å². The molecule has 0 aliphatic carbocycles. The SMILES string of the molecule is O=C(C=C1Sc2ccccc2N1Cc1ccccc1)c1ccc([N+](=O)[O-])cc1. The van der Waals surface area contributed by atoms with Crippen LogP contribution in [0.1, 0.15) is 15.9 Å². The first kappa shape index (κ1) is 18.0. The highest BCUT2D eigenvalue weighted by Crippen LogP contribution is 2.46. The molecule has 0 radical (unpaired) electrons. The molecule has 3 aromatic rings. The number of ketones is 1. The quantitative estimate of drug-likeness (QED) is 0.252. The van der Waals surface area contributed by atoms with Gasteiger partial charge in [-0.15, -0.1) is 0 Å². The highest BCUT2D eigenvalue weighted by molar-refractivity contribution is 8.03. The third kappa shape index (κ3) is 3.68. The van der Waals surface area contributed by atoms with Gasteiger partial charge >= 0.3 is 0 Å². The number of rotatable bonds is 5. The number of nitro benzene ring substituents is 1. The van der Waals surface area contributed by atoms with Gasteiger partial charge in [-0.1, -0.05) is 54.2 Å². The van der Waals surface area contributed by atoms with Crippen LogP contribution < -0.4 is 4.90 Å². The van der Waals surface area contributed by atoms with Crippen molar-refractivity contribution in [1.82, 2.24) is 0 Å². The van der Waals surface area contributed by atoms with E-state index in [-0.39, 0.29) is 11.5 Å². The van der Waals surface area contributed by atoms with E-state index in [2.05, 4.69) is 17.0 Å². The highest BCUT2D eigenvalue weighted by atomic mass is 32.2. The van der Waals surface area contributed by atoms with Crippen molar-refractivity contribution >= 4 is 28.9 Å². The minimum atomic E-state index is -0.474. The Morgan fingerprint density at radius 1 is 0.964 bits per heavy atom. The number of fused-ring (bicyclic) bond motifs is 1. The summed E-state index contributed by atoms with van der Waals surface area (Å²) in [7, 11) is 0. The number of thioether (sulfide) groups is 1. The van der Waals surface area contributed by atoms with Crippen LogP contribution in [0.25, 0.3) is 0 Å². The number of non-ortho nitro benzene ring substituents is 1. The lowest BCUT2D eigenvalue weighted by Crippen LogP contribution is -2.17. The molecule has 138 valence electrons. The Morgan fingerprint density at radius 2 is 1.64 bits per heavy atom. The fourth-order valence-corrected chi connectivity index (χ4v) is 4.13. The smallest absolute Gasteiger partial charge is 0.269 e. The zero-order valence-electron chi connectivity index (χ0n) is 14.8. The van der Waals surface area contributed by atoms with Crippen LogP contribution in [0.4, 0.5) is 11.4 Å². The van der Waals surface area contributed by atoms with Crippen molar-refractivity contribution in [3.8, 4) is 0 Å². The maximum Gasteiger partial charge on any atom is 0.269 e. The van der Waals surface area contributed by atoms with Crippen LogP contribution in [-0.4, -0.2) is 10.7 Å². The molecule has 6 heteroatoms. The van der Waals surface area contributed by atoms with E-state index in [1.165, 1.54) is 24.3 Å². The molecule has 0 N–H and O–H groups in total. The molecule has 4 rings (SSSR count). The van der Waals surface area contributed by atoms with E-state index >= 15 is 0 Å². The van der Waals surface area contributed by atoms with Gasteiger partial charge < -0.3 is 4.90 Å². The first-order valence-corrected chi connectivity index (χ1v) is 9.52. The molecule has 0 atom stereocenters. The average molecular weight is 388 g/mol. The first-order valence-electron chi connectivity index (χ1n) is 8.70. The molecule has 28 heavy (non-hydrogen) atoms. The number of nitrogens with zero attached hydrogens (tertiary/aromatic N) is 2. The zero-order valence-corrected chi connectivity index (χ0v) is 15.6. The molecule has 0 fully saturated rings. The lowest BCUT2D eigenvalue weighted by Gasteiger charge is -2.20. The third-order valence-electron chi connectivity index (χ3n) is 4.44. The van der Waals surface area contributed by atoms with Crippen LogP contribution in [0.15, 0.2) is 94.9 Å². The van der Waals surface area contributed by atoms with E-state index < -0.39 is 4.92 Å². The van der Waals surface area contributed by atoms with Crippen LogP contribution in [-0.2, 0) is 6.54 Å².